The van der Waals surface area contributed by atoms with Gasteiger partial charge in [-0.2, -0.15) is 4.98 Å². The molecule has 0 atom stereocenters. The predicted octanol–water partition coefficient (Wildman–Crippen LogP) is 1.13. The zero-order valence-corrected chi connectivity index (χ0v) is 11.4. The summed E-state index contributed by atoms with van der Waals surface area (Å²) in [5, 5.41) is 12.3. The van der Waals surface area contributed by atoms with Crippen LogP contribution < -0.4 is 5.73 Å². The van der Waals surface area contributed by atoms with Crippen molar-refractivity contribution in [3.05, 3.63) is 30.3 Å². The zero-order chi connectivity index (χ0) is 13.9. The molecule has 3 aromatic rings. The van der Waals surface area contributed by atoms with E-state index < -0.39 is 0 Å². The molecule has 8 nitrogen and oxygen atoms in total. The number of anilines is 1. The maximum atomic E-state index is 5.61. The quantitative estimate of drug-likeness (QED) is 0.712. The summed E-state index contributed by atoms with van der Waals surface area (Å²) in [7, 11) is 1.80. The van der Waals surface area contributed by atoms with Crippen molar-refractivity contribution in [1.29, 1.82) is 0 Å². The Morgan fingerprint density at radius 1 is 1.35 bits per heavy atom. The van der Waals surface area contributed by atoms with Crippen molar-refractivity contribution >= 4 is 17.7 Å². The van der Waals surface area contributed by atoms with Crippen LogP contribution in [0.25, 0.3) is 11.5 Å². The minimum Gasteiger partial charge on any atom is -0.368 e. The van der Waals surface area contributed by atoms with Crippen LogP contribution in [0.15, 0.2) is 34.1 Å². The van der Waals surface area contributed by atoms with Crippen LogP contribution in [0.4, 0.5) is 5.95 Å². The molecule has 0 unspecified atom stereocenters. The molecular weight excluding hydrogens is 278 g/mol. The highest BCUT2D eigenvalue weighted by atomic mass is 32.2. The maximum absolute atomic E-state index is 5.61. The third-order valence-electron chi connectivity index (χ3n) is 2.56. The predicted molar refractivity (Wildman–Crippen MR) is 72.5 cm³/mol. The van der Waals surface area contributed by atoms with E-state index in [0.717, 1.165) is 0 Å². The van der Waals surface area contributed by atoms with E-state index in [0.29, 0.717) is 34.3 Å². The van der Waals surface area contributed by atoms with Crippen molar-refractivity contribution in [2.24, 2.45) is 7.05 Å². The van der Waals surface area contributed by atoms with Gasteiger partial charge in [0, 0.05) is 13.2 Å². The van der Waals surface area contributed by atoms with Gasteiger partial charge in [0.15, 0.2) is 5.16 Å². The average molecular weight is 289 g/mol. The number of hydrogen-bond donors (Lipinski definition) is 1. The molecule has 0 fully saturated rings. The summed E-state index contributed by atoms with van der Waals surface area (Å²) >= 11 is 1.42. The lowest BCUT2D eigenvalue weighted by Gasteiger charge is -1.97. The average Bonchev–Trinajstić information content (AvgIpc) is 3.07. The lowest BCUT2D eigenvalue weighted by Crippen LogP contribution is -1.98. The summed E-state index contributed by atoms with van der Waals surface area (Å²) in [6.07, 6.45) is 1.68. The van der Waals surface area contributed by atoms with Crippen LogP contribution in [0.5, 0.6) is 0 Å². The van der Waals surface area contributed by atoms with Gasteiger partial charge in [-0.3, -0.25) is 9.55 Å². The van der Waals surface area contributed by atoms with Crippen LogP contribution in [0.2, 0.25) is 0 Å². The van der Waals surface area contributed by atoms with Crippen molar-refractivity contribution in [3.8, 4) is 11.5 Å². The largest absolute Gasteiger partial charge is 0.368 e. The minimum atomic E-state index is 0.368. The Kier molecular flexibility index (Phi) is 3.33. The molecule has 0 spiro atoms. The van der Waals surface area contributed by atoms with Gasteiger partial charge in [-0.15, -0.1) is 10.2 Å². The molecule has 0 bridgehead atoms. The number of nitrogens with zero attached hydrogens (tertiary/aromatic N) is 6. The van der Waals surface area contributed by atoms with Crippen molar-refractivity contribution in [3.63, 3.8) is 0 Å². The molecule has 0 aliphatic carbocycles. The Balaban J connectivity index is 1.70. The molecule has 102 valence electrons. The summed E-state index contributed by atoms with van der Waals surface area (Å²) in [6, 6.07) is 5.53. The fourth-order valence-electron chi connectivity index (χ4n) is 1.49. The molecule has 0 amide bonds. The molecule has 3 aromatic heterocycles. The molecule has 0 saturated carbocycles. The van der Waals surface area contributed by atoms with Gasteiger partial charge in [0.2, 0.25) is 17.7 Å². The fraction of sp³-hybridized carbons (Fsp3) is 0.182. The normalized spacial score (nSPS) is 10.8. The van der Waals surface area contributed by atoms with Crippen LogP contribution in [0.1, 0.15) is 5.89 Å². The summed E-state index contributed by atoms with van der Waals surface area (Å²) in [5.74, 6) is 1.83. The molecule has 3 rings (SSSR count). The first kappa shape index (κ1) is 12.6. The third kappa shape index (κ3) is 2.48. The second-order valence-corrected chi connectivity index (χ2v) is 4.86. The molecule has 0 aliphatic heterocycles. The van der Waals surface area contributed by atoms with Crippen molar-refractivity contribution < 1.29 is 4.52 Å². The molecule has 0 saturated heterocycles. The fourth-order valence-corrected chi connectivity index (χ4v) is 2.25. The molecule has 2 N–H and O–H groups in total. The van der Waals surface area contributed by atoms with Crippen LogP contribution in [0.3, 0.4) is 0 Å². The second kappa shape index (κ2) is 5.29. The minimum absolute atomic E-state index is 0.368. The number of nitrogens with two attached hydrogens (primary N) is 1. The second-order valence-electron chi connectivity index (χ2n) is 3.92. The van der Waals surface area contributed by atoms with Gasteiger partial charge in [-0.25, -0.2) is 0 Å². The molecule has 0 aromatic carbocycles. The van der Waals surface area contributed by atoms with Gasteiger partial charge in [0.1, 0.15) is 5.69 Å². The first-order valence-electron chi connectivity index (χ1n) is 5.75. The first-order valence-corrected chi connectivity index (χ1v) is 6.74. The van der Waals surface area contributed by atoms with E-state index in [1.54, 1.807) is 17.8 Å². The highest BCUT2D eigenvalue weighted by Crippen LogP contribution is 2.22. The van der Waals surface area contributed by atoms with Gasteiger partial charge >= 0.3 is 0 Å². The topological polar surface area (TPSA) is 109 Å². The number of rotatable bonds is 4. The van der Waals surface area contributed by atoms with Gasteiger partial charge in [-0.1, -0.05) is 23.0 Å². The van der Waals surface area contributed by atoms with E-state index in [1.165, 1.54) is 11.8 Å². The maximum Gasteiger partial charge on any atom is 0.237 e. The van der Waals surface area contributed by atoms with Crippen molar-refractivity contribution in [1.82, 2.24) is 29.9 Å². The summed E-state index contributed by atoms with van der Waals surface area (Å²) < 4.78 is 6.87. The van der Waals surface area contributed by atoms with E-state index in [1.807, 2.05) is 18.2 Å². The summed E-state index contributed by atoms with van der Waals surface area (Å²) in [5.41, 5.74) is 6.28. The Morgan fingerprint density at radius 2 is 2.25 bits per heavy atom. The molecule has 0 radical (unpaired) electrons. The van der Waals surface area contributed by atoms with Gasteiger partial charge in [0.25, 0.3) is 0 Å². The van der Waals surface area contributed by atoms with Gasteiger partial charge < -0.3 is 10.3 Å². The van der Waals surface area contributed by atoms with Crippen LogP contribution in [-0.4, -0.2) is 29.9 Å². The SMILES string of the molecule is Cn1c(N)nnc1SCc1nc(-c2ccccn2)no1. The van der Waals surface area contributed by atoms with E-state index >= 15 is 0 Å². The number of aromatic nitrogens is 6. The lowest BCUT2D eigenvalue weighted by molar-refractivity contribution is 0.391. The Morgan fingerprint density at radius 3 is 2.95 bits per heavy atom. The Labute approximate surface area is 118 Å². The highest BCUT2D eigenvalue weighted by molar-refractivity contribution is 7.98. The van der Waals surface area contributed by atoms with E-state index in [4.69, 9.17) is 10.3 Å². The van der Waals surface area contributed by atoms with E-state index in [-0.39, 0.29) is 0 Å². The molecule has 9 heteroatoms. The van der Waals surface area contributed by atoms with Crippen molar-refractivity contribution in [2.45, 2.75) is 10.9 Å². The Hall–Kier alpha value is -2.42. The van der Waals surface area contributed by atoms with Gasteiger partial charge in [-0.05, 0) is 12.1 Å². The standard InChI is InChI=1S/C11H11N7OS/c1-18-10(12)15-16-11(18)20-6-8-14-9(17-19-8)7-4-2-3-5-13-7/h2-5H,6H2,1H3,(H2,12,15). The third-order valence-corrected chi connectivity index (χ3v) is 3.56. The van der Waals surface area contributed by atoms with Crippen LogP contribution in [-0.2, 0) is 12.8 Å². The first-order chi connectivity index (χ1) is 9.74. The molecule has 20 heavy (non-hydrogen) atoms. The van der Waals surface area contributed by atoms with Gasteiger partial charge in [0.05, 0.1) is 5.75 Å². The van der Waals surface area contributed by atoms with Crippen LogP contribution in [0, 0.1) is 0 Å². The number of pyridine rings is 1. The number of hydrogen-bond acceptors (Lipinski definition) is 8. The summed E-state index contributed by atoms with van der Waals surface area (Å²) in [4.78, 5) is 8.45. The Bertz CT molecular complexity index is 709. The zero-order valence-electron chi connectivity index (χ0n) is 10.6. The number of nitrogen functional groups attached to an aromatic ring is 1. The van der Waals surface area contributed by atoms with Crippen molar-refractivity contribution in [2.75, 3.05) is 5.73 Å². The monoisotopic (exact) mass is 289 g/mol. The molecule has 0 aliphatic rings. The van der Waals surface area contributed by atoms with E-state index in [9.17, 15) is 0 Å². The molecular formula is C11H11N7OS. The highest BCUT2D eigenvalue weighted by Gasteiger charge is 2.12. The smallest absolute Gasteiger partial charge is 0.237 e. The molecule has 3 heterocycles. The summed E-state index contributed by atoms with van der Waals surface area (Å²) in [6.45, 7) is 0. The van der Waals surface area contributed by atoms with Crippen LogP contribution >= 0.6 is 11.8 Å². The van der Waals surface area contributed by atoms with E-state index in [2.05, 4.69) is 25.3 Å². The number of thioether (sulfide) groups is 1. The lowest BCUT2D eigenvalue weighted by atomic mass is 10.3.